The van der Waals surface area contributed by atoms with Crippen molar-refractivity contribution in [2.45, 2.75) is 104 Å². The number of ether oxygens (including phenoxy) is 2. The standard InChI is InChI=1S/C32H50NO3/c1-5-7-8-9-10-11-12-14-18-28-22-24-30(25-23-28)35-32(6-2)36-31(34)21-17-26-33(3,4)27-29-19-15-13-16-20-29/h13,15-16,19-20,22-25,32H,5-12,14,17-18,21,26-27H2,1-4H3/q+1. The number of rotatable bonds is 19. The topological polar surface area (TPSA) is 35.5 Å². The van der Waals surface area contributed by atoms with Gasteiger partial charge in [0.15, 0.2) is 0 Å². The molecule has 1 atom stereocenters. The second kappa shape index (κ2) is 17.2. The monoisotopic (exact) mass is 496 g/mol. The van der Waals surface area contributed by atoms with Crippen molar-refractivity contribution in [1.82, 2.24) is 0 Å². The summed E-state index contributed by atoms with van der Waals surface area (Å²) in [6.45, 7) is 6.11. The van der Waals surface area contributed by atoms with Gasteiger partial charge < -0.3 is 14.0 Å². The highest BCUT2D eigenvalue weighted by molar-refractivity contribution is 5.69. The summed E-state index contributed by atoms with van der Waals surface area (Å²) in [5, 5.41) is 0. The summed E-state index contributed by atoms with van der Waals surface area (Å²) in [7, 11) is 4.41. The summed E-state index contributed by atoms with van der Waals surface area (Å²) in [5.41, 5.74) is 2.66. The Kier molecular flexibility index (Phi) is 14.3. The van der Waals surface area contributed by atoms with E-state index in [1.165, 1.54) is 62.5 Å². The number of esters is 1. The van der Waals surface area contributed by atoms with Crippen LogP contribution in [0.1, 0.15) is 95.6 Å². The van der Waals surface area contributed by atoms with Crippen LogP contribution >= 0.6 is 0 Å². The highest BCUT2D eigenvalue weighted by Gasteiger charge is 2.19. The highest BCUT2D eigenvalue weighted by atomic mass is 16.7. The minimum absolute atomic E-state index is 0.187. The summed E-state index contributed by atoms with van der Waals surface area (Å²) in [6, 6.07) is 18.8. The molecule has 0 radical (unpaired) electrons. The van der Waals surface area contributed by atoms with Gasteiger partial charge in [0.25, 0.3) is 0 Å². The molecule has 0 amide bonds. The molecular formula is C32H50NO3+. The maximum Gasteiger partial charge on any atom is 0.309 e. The number of unbranched alkanes of at least 4 members (excludes halogenated alkanes) is 7. The van der Waals surface area contributed by atoms with E-state index in [1.54, 1.807) is 0 Å². The number of carbonyl (C=O) groups excluding carboxylic acids is 1. The molecular weight excluding hydrogens is 446 g/mol. The first-order chi connectivity index (χ1) is 17.4. The molecule has 0 N–H and O–H groups in total. The Balaban J connectivity index is 1.64. The Hall–Kier alpha value is -2.33. The predicted molar refractivity (Wildman–Crippen MR) is 150 cm³/mol. The molecule has 0 aliphatic rings. The van der Waals surface area contributed by atoms with Gasteiger partial charge in [0.05, 0.1) is 27.1 Å². The van der Waals surface area contributed by atoms with Crippen LogP contribution in [0.5, 0.6) is 5.75 Å². The third-order valence-electron chi connectivity index (χ3n) is 6.70. The maximum absolute atomic E-state index is 12.4. The van der Waals surface area contributed by atoms with E-state index < -0.39 is 6.29 Å². The second-order valence-corrected chi connectivity index (χ2v) is 10.7. The zero-order valence-corrected chi connectivity index (χ0v) is 23.3. The van der Waals surface area contributed by atoms with Crippen LogP contribution in [-0.4, -0.2) is 37.4 Å². The second-order valence-electron chi connectivity index (χ2n) is 10.7. The molecule has 2 aromatic carbocycles. The minimum atomic E-state index is -0.539. The Bertz CT molecular complexity index is 832. The summed E-state index contributed by atoms with van der Waals surface area (Å²) < 4.78 is 12.4. The molecule has 2 aromatic rings. The van der Waals surface area contributed by atoms with E-state index in [-0.39, 0.29) is 5.97 Å². The Labute approximate surface area is 220 Å². The fraction of sp³-hybridized carbons (Fsp3) is 0.594. The van der Waals surface area contributed by atoms with E-state index >= 15 is 0 Å². The molecule has 2 rings (SSSR count). The van der Waals surface area contributed by atoms with Crippen LogP contribution in [0.15, 0.2) is 54.6 Å². The summed E-state index contributed by atoms with van der Waals surface area (Å²) in [4.78, 5) is 12.4. The average molecular weight is 497 g/mol. The normalized spacial score (nSPS) is 12.3. The van der Waals surface area contributed by atoms with E-state index in [2.05, 4.69) is 57.4 Å². The number of hydrogen-bond donors (Lipinski definition) is 0. The van der Waals surface area contributed by atoms with Crippen LogP contribution in [0.25, 0.3) is 0 Å². The molecule has 0 saturated heterocycles. The number of carbonyl (C=O) groups is 1. The van der Waals surface area contributed by atoms with E-state index in [9.17, 15) is 4.79 Å². The molecule has 0 bridgehead atoms. The van der Waals surface area contributed by atoms with Crippen LogP contribution in [0, 0.1) is 0 Å². The zero-order valence-electron chi connectivity index (χ0n) is 23.3. The van der Waals surface area contributed by atoms with Gasteiger partial charge in [-0.05, 0) is 30.5 Å². The van der Waals surface area contributed by atoms with E-state index in [0.29, 0.717) is 12.8 Å². The van der Waals surface area contributed by atoms with Crippen molar-refractivity contribution in [3.63, 3.8) is 0 Å². The third-order valence-corrected chi connectivity index (χ3v) is 6.70. The molecule has 4 heteroatoms. The van der Waals surface area contributed by atoms with Crippen molar-refractivity contribution in [2.75, 3.05) is 20.6 Å². The van der Waals surface area contributed by atoms with E-state index in [1.807, 2.05) is 25.1 Å². The number of aryl methyl sites for hydroxylation is 1. The maximum atomic E-state index is 12.4. The first kappa shape index (κ1) is 29.9. The molecule has 0 aliphatic heterocycles. The van der Waals surface area contributed by atoms with Crippen LogP contribution in [-0.2, 0) is 22.5 Å². The fourth-order valence-electron chi connectivity index (χ4n) is 4.55. The van der Waals surface area contributed by atoms with E-state index in [4.69, 9.17) is 9.47 Å². The quantitative estimate of drug-likeness (QED) is 0.0853. The molecule has 0 aromatic heterocycles. The summed E-state index contributed by atoms with van der Waals surface area (Å²) >= 11 is 0. The number of benzene rings is 2. The zero-order chi connectivity index (χ0) is 26.1. The van der Waals surface area contributed by atoms with Gasteiger partial charge in [-0.1, -0.05) is 101 Å². The molecule has 0 spiro atoms. The van der Waals surface area contributed by atoms with Crippen molar-refractivity contribution in [1.29, 1.82) is 0 Å². The van der Waals surface area contributed by atoms with Crippen LogP contribution in [0.2, 0.25) is 0 Å². The van der Waals surface area contributed by atoms with Crippen molar-refractivity contribution >= 4 is 5.97 Å². The van der Waals surface area contributed by atoms with Crippen molar-refractivity contribution in [2.24, 2.45) is 0 Å². The van der Waals surface area contributed by atoms with Gasteiger partial charge in [-0.15, -0.1) is 0 Å². The van der Waals surface area contributed by atoms with Crippen molar-refractivity contribution in [3.8, 4) is 5.75 Å². The van der Waals surface area contributed by atoms with Gasteiger partial charge in [-0.2, -0.15) is 0 Å². The molecule has 0 heterocycles. The lowest BCUT2D eigenvalue weighted by Crippen LogP contribution is -2.39. The van der Waals surface area contributed by atoms with Crippen molar-refractivity contribution < 1.29 is 18.8 Å². The van der Waals surface area contributed by atoms with E-state index in [0.717, 1.165) is 36.2 Å². The summed E-state index contributed by atoms with van der Waals surface area (Å²) in [5.74, 6) is 0.572. The van der Waals surface area contributed by atoms with Gasteiger partial charge in [0.2, 0.25) is 6.29 Å². The molecule has 0 aliphatic carbocycles. The van der Waals surface area contributed by atoms with Gasteiger partial charge in [0.1, 0.15) is 12.3 Å². The predicted octanol–water partition coefficient (Wildman–Crippen LogP) is 8.08. The lowest BCUT2D eigenvalue weighted by atomic mass is 10.0. The Morgan fingerprint density at radius 2 is 1.42 bits per heavy atom. The molecule has 200 valence electrons. The number of quaternary nitrogens is 1. The van der Waals surface area contributed by atoms with Crippen LogP contribution < -0.4 is 4.74 Å². The molecule has 36 heavy (non-hydrogen) atoms. The van der Waals surface area contributed by atoms with Crippen LogP contribution in [0.4, 0.5) is 0 Å². The highest BCUT2D eigenvalue weighted by Crippen LogP contribution is 2.18. The Morgan fingerprint density at radius 1 is 0.778 bits per heavy atom. The number of hydrogen-bond acceptors (Lipinski definition) is 3. The fourth-order valence-corrected chi connectivity index (χ4v) is 4.55. The van der Waals surface area contributed by atoms with Gasteiger partial charge in [0, 0.05) is 18.4 Å². The lowest BCUT2D eigenvalue weighted by molar-refractivity contribution is -0.903. The molecule has 4 nitrogen and oxygen atoms in total. The molecule has 0 saturated carbocycles. The SMILES string of the molecule is CCCCCCCCCCc1ccc(OC(CC)OC(=O)CCC[N+](C)(C)Cc2ccccc2)cc1. The van der Waals surface area contributed by atoms with Gasteiger partial charge in [-0.3, -0.25) is 4.79 Å². The smallest absolute Gasteiger partial charge is 0.309 e. The Morgan fingerprint density at radius 3 is 2.06 bits per heavy atom. The van der Waals surface area contributed by atoms with Gasteiger partial charge in [-0.25, -0.2) is 0 Å². The number of nitrogens with zero attached hydrogens (tertiary/aromatic N) is 1. The first-order valence-electron chi connectivity index (χ1n) is 14.2. The van der Waals surface area contributed by atoms with Gasteiger partial charge >= 0.3 is 5.97 Å². The minimum Gasteiger partial charge on any atom is -0.455 e. The largest absolute Gasteiger partial charge is 0.455 e. The lowest BCUT2D eigenvalue weighted by Gasteiger charge is -2.30. The van der Waals surface area contributed by atoms with Crippen molar-refractivity contribution in [3.05, 3.63) is 65.7 Å². The average Bonchev–Trinajstić information content (AvgIpc) is 2.86. The first-order valence-corrected chi connectivity index (χ1v) is 14.2. The van der Waals surface area contributed by atoms with Crippen LogP contribution in [0.3, 0.4) is 0 Å². The molecule has 1 unspecified atom stereocenters. The molecule has 0 fully saturated rings. The summed E-state index contributed by atoms with van der Waals surface area (Å²) in [6.07, 6.45) is 13.1. The third kappa shape index (κ3) is 13.1.